The van der Waals surface area contributed by atoms with Crippen LogP contribution in [0.25, 0.3) is 5.69 Å². The number of aromatic nitrogens is 4. The highest BCUT2D eigenvalue weighted by Crippen LogP contribution is 2.09. The van der Waals surface area contributed by atoms with Gasteiger partial charge in [0.2, 0.25) is 0 Å². The minimum absolute atomic E-state index is 0.0940. The molecule has 0 saturated carbocycles. The maximum atomic E-state index is 12.1. The normalized spacial score (nSPS) is 10.5. The second-order valence-corrected chi connectivity index (χ2v) is 4.58. The molecule has 0 radical (unpaired) electrons. The number of nitrogens with zero attached hydrogens (tertiary/aromatic N) is 3. The molecule has 3 aromatic rings. The van der Waals surface area contributed by atoms with E-state index < -0.39 is 0 Å². The first kappa shape index (κ1) is 13.1. The molecule has 1 amide bonds. The number of aromatic amines is 1. The van der Waals surface area contributed by atoms with Gasteiger partial charge in [-0.05, 0) is 24.3 Å². The summed E-state index contributed by atoms with van der Waals surface area (Å²) in [5, 5.41) is 7.05. The highest BCUT2D eigenvalue weighted by atomic mass is 16.1. The summed E-state index contributed by atoms with van der Waals surface area (Å²) in [5.41, 5.74) is 2.48. The second kappa shape index (κ2) is 6.04. The Bertz CT molecular complexity index is 704. The minimum atomic E-state index is -0.0940. The van der Waals surface area contributed by atoms with Crippen LogP contribution in [0.2, 0.25) is 0 Å². The van der Waals surface area contributed by atoms with E-state index in [9.17, 15) is 4.79 Å². The molecule has 0 unspecified atom stereocenters. The van der Waals surface area contributed by atoms with Crippen LogP contribution in [-0.2, 0) is 6.42 Å². The number of H-pyrrole nitrogens is 1. The zero-order valence-corrected chi connectivity index (χ0v) is 11.4. The largest absolute Gasteiger partial charge is 0.352 e. The molecule has 2 N–H and O–H groups in total. The Morgan fingerprint density at radius 1 is 1.33 bits per heavy atom. The lowest BCUT2D eigenvalue weighted by Gasteiger charge is -2.06. The second-order valence-electron chi connectivity index (χ2n) is 4.58. The first-order valence-corrected chi connectivity index (χ1v) is 6.68. The average Bonchev–Trinajstić information content (AvgIpc) is 3.21. The zero-order valence-electron chi connectivity index (χ0n) is 11.4. The average molecular weight is 281 g/mol. The number of amides is 1. The SMILES string of the molecule is O=C(NCCc1cnc[nH]1)c1cccc(-n2cccn2)c1. The fraction of sp³-hybridized carbons (Fsp3) is 0.133. The summed E-state index contributed by atoms with van der Waals surface area (Å²) in [6, 6.07) is 9.21. The summed E-state index contributed by atoms with van der Waals surface area (Å²) in [6.45, 7) is 0.563. The van der Waals surface area contributed by atoms with Crippen LogP contribution in [0, 0.1) is 0 Å². The van der Waals surface area contributed by atoms with Crippen molar-refractivity contribution < 1.29 is 4.79 Å². The van der Waals surface area contributed by atoms with Gasteiger partial charge in [0.05, 0.1) is 12.0 Å². The number of benzene rings is 1. The molecule has 3 rings (SSSR count). The van der Waals surface area contributed by atoms with Crippen molar-refractivity contribution in [2.45, 2.75) is 6.42 Å². The molecule has 0 aliphatic carbocycles. The third kappa shape index (κ3) is 3.17. The van der Waals surface area contributed by atoms with Gasteiger partial charge in [-0.1, -0.05) is 6.07 Å². The predicted octanol–water partition coefficient (Wildman–Crippen LogP) is 1.57. The Morgan fingerprint density at radius 3 is 3.05 bits per heavy atom. The Morgan fingerprint density at radius 2 is 2.29 bits per heavy atom. The molecule has 0 saturated heterocycles. The number of hydrogen-bond donors (Lipinski definition) is 2. The quantitative estimate of drug-likeness (QED) is 0.745. The highest BCUT2D eigenvalue weighted by Gasteiger charge is 2.07. The third-order valence-corrected chi connectivity index (χ3v) is 3.11. The highest BCUT2D eigenvalue weighted by molar-refractivity contribution is 5.94. The summed E-state index contributed by atoms with van der Waals surface area (Å²) >= 11 is 0. The molecule has 2 heterocycles. The van der Waals surface area contributed by atoms with Crippen LogP contribution in [0.3, 0.4) is 0 Å². The molecule has 0 atom stereocenters. The molecule has 1 aromatic carbocycles. The van der Waals surface area contributed by atoms with E-state index in [2.05, 4.69) is 20.4 Å². The van der Waals surface area contributed by atoms with Crippen molar-refractivity contribution >= 4 is 5.91 Å². The van der Waals surface area contributed by atoms with Crippen molar-refractivity contribution in [3.63, 3.8) is 0 Å². The number of nitrogens with one attached hydrogen (secondary N) is 2. The molecule has 0 bridgehead atoms. The van der Waals surface area contributed by atoms with Gasteiger partial charge in [-0.2, -0.15) is 5.10 Å². The molecule has 6 nitrogen and oxygen atoms in total. The number of imidazole rings is 1. The molecular weight excluding hydrogens is 266 g/mol. The Hall–Kier alpha value is -2.89. The molecule has 0 fully saturated rings. The summed E-state index contributed by atoms with van der Waals surface area (Å²) in [6.07, 6.45) is 7.66. The Kier molecular flexibility index (Phi) is 3.77. The van der Waals surface area contributed by atoms with Crippen LogP contribution in [0.5, 0.6) is 0 Å². The van der Waals surface area contributed by atoms with Crippen molar-refractivity contribution in [2.75, 3.05) is 6.54 Å². The van der Waals surface area contributed by atoms with Crippen LogP contribution >= 0.6 is 0 Å². The summed E-state index contributed by atoms with van der Waals surface area (Å²) in [5.74, 6) is -0.0940. The molecule has 106 valence electrons. The van der Waals surface area contributed by atoms with E-state index >= 15 is 0 Å². The van der Waals surface area contributed by atoms with Crippen LogP contribution in [0.4, 0.5) is 0 Å². The zero-order chi connectivity index (χ0) is 14.5. The topological polar surface area (TPSA) is 75.6 Å². The molecule has 0 spiro atoms. The lowest BCUT2D eigenvalue weighted by molar-refractivity contribution is 0.0954. The van der Waals surface area contributed by atoms with Crippen molar-refractivity contribution in [3.8, 4) is 5.69 Å². The van der Waals surface area contributed by atoms with E-state index in [4.69, 9.17) is 0 Å². The maximum Gasteiger partial charge on any atom is 0.251 e. The van der Waals surface area contributed by atoms with Crippen molar-refractivity contribution in [1.82, 2.24) is 25.1 Å². The lowest BCUT2D eigenvalue weighted by Crippen LogP contribution is -2.25. The summed E-state index contributed by atoms with van der Waals surface area (Å²) in [7, 11) is 0. The molecule has 6 heteroatoms. The predicted molar refractivity (Wildman–Crippen MR) is 78.2 cm³/mol. The van der Waals surface area contributed by atoms with E-state index in [1.165, 1.54) is 0 Å². The Labute approximate surface area is 121 Å². The standard InChI is InChI=1S/C15H15N5O/c21-15(17-7-5-13-10-16-11-18-13)12-3-1-4-14(9-12)20-8-2-6-19-20/h1-4,6,8-11H,5,7H2,(H,16,18)(H,17,21). The maximum absolute atomic E-state index is 12.1. The van der Waals surface area contributed by atoms with Gasteiger partial charge in [0.15, 0.2) is 0 Å². The molecule has 21 heavy (non-hydrogen) atoms. The number of hydrogen-bond acceptors (Lipinski definition) is 3. The van der Waals surface area contributed by atoms with E-state index in [0.29, 0.717) is 12.1 Å². The van der Waals surface area contributed by atoms with Gasteiger partial charge in [0.1, 0.15) is 0 Å². The van der Waals surface area contributed by atoms with Crippen LogP contribution in [0.1, 0.15) is 16.1 Å². The fourth-order valence-electron chi connectivity index (χ4n) is 2.05. The smallest absolute Gasteiger partial charge is 0.251 e. The van der Waals surface area contributed by atoms with Gasteiger partial charge in [-0.3, -0.25) is 4.79 Å². The van der Waals surface area contributed by atoms with Crippen molar-refractivity contribution in [1.29, 1.82) is 0 Å². The van der Waals surface area contributed by atoms with Crippen molar-refractivity contribution in [3.05, 3.63) is 66.5 Å². The van der Waals surface area contributed by atoms with Gasteiger partial charge in [0.25, 0.3) is 5.91 Å². The Balaban J connectivity index is 1.63. The minimum Gasteiger partial charge on any atom is -0.352 e. The van der Waals surface area contributed by atoms with Crippen LogP contribution in [-0.4, -0.2) is 32.2 Å². The monoisotopic (exact) mass is 281 g/mol. The van der Waals surface area contributed by atoms with Gasteiger partial charge in [0, 0.05) is 42.8 Å². The number of carbonyl (C=O) groups excluding carboxylic acids is 1. The van der Waals surface area contributed by atoms with Crippen molar-refractivity contribution in [2.24, 2.45) is 0 Å². The van der Waals surface area contributed by atoms with E-state index in [1.54, 1.807) is 29.5 Å². The number of rotatable bonds is 5. The van der Waals surface area contributed by atoms with E-state index in [-0.39, 0.29) is 5.91 Å². The van der Waals surface area contributed by atoms with Crippen LogP contribution < -0.4 is 5.32 Å². The number of carbonyl (C=O) groups is 1. The fourth-order valence-corrected chi connectivity index (χ4v) is 2.05. The molecular formula is C15H15N5O. The molecule has 2 aromatic heterocycles. The summed E-state index contributed by atoms with van der Waals surface area (Å²) in [4.78, 5) is 19.1. The van der Waals surface area contributed by atoms with Gasteiger partial charge in [-0.15, -0.1) is 0 Å². The lowest BCUT2D eigenvalue weighted by atomic mass is 10.2. The van der Waals surface area contributed by atoms with Gasteiger partial charge in [-0.25, -0.2) is 9.67 Å². The third-order valence-electron chi connectivity index (χ3n) is 3.11. The molecule has 0 aliphatic heterocycles. The first-order chi connectivity index (χ1) is 10.3. The molecule has 0 aliphatic rings. The van der Waals surface area contributed by atoms with Crippen LogP contribution in [0.15, 0.2) is 55.2 Å². The van der Waals surface area contributed by atoms with Gasteiger partial charge < -0.3 is 10.3 Å². The van der Waals surface area contributed by atoms with E-state index in [1.807, 2.05) is 30.5 Å². The summed E-state index contributed by atoms with van der Waals surface area (Å²) < 4.78 is 1.72. The first-order valence-electron chi connectivity index (χ1n) is 6.68. The van der Waals surface area contributed by atoms with Gasteiger partial charge >= 0.3 is 0 Å². The van der Waals surface area contributed by atoms with E-state index in [0.717, 1.165) is 17.8 Å².